The largest absolute Gasteiger partial charge is 0.388 e. The van der Waals surface area contributed by atoms with Gasteiger partial charge in [0.05, 0.1) is 11.5 Å². The molecular formula is C18H24N2O3. The summed E-state index contributed by atoms with van der Waals surface area (Å²) in [6.45, 7) is 0.270. The SMILES string of the molecule is O=C1CC(C(=O)NCC2(O)CCCCCC2)c2ccccc2N1. The molecule has 1 fully saturated rings. The molecule has 1 aliphatic carbocycles. The van der Waals surface area contributed by atoms with Gasteiger partial charge in [0, 0.05) is 18.7 Å². The van der Waals surface area contributed by atoms with Gasteiger partial charge in [-0.1, -0.05) is 43.9 Å². The van der Waals surface area contributed by atoms with E-state index in [0.717, 1.165) is 44.1 Å². The smallest absolute Gasteiger partial charge is 0.228 e. The highest BCUT2D eigenvalue weighted by Gasteiger charge is 2.33. The molecular weight excluding hydrogens is 292 g/mol. The fourth-order valence-corrected chi connectivity index (χ4v) is 3.58. The molecule has 1 aromatic carbocycles. The second-order valence-electron chi connectivity index (χ2n) is 6.75. The first-order valence-corrected chi connectivity index (χ1v) is 8.46. The molecule has 1 atom stereocenters. The topological polar surface area (TPSA) is 78.4 Å². The van der Waals surface area contributed by atoms with Crippen molar-refractivity contribution in [3.8, 4) is 0 Å². The summed E-state index contributed by atoms with van der Waals surface area (Å²) in [7, 11) is 0. The molecule has 1 aromatic rings. The maximum Gasteiger partial charge on any atom is 0.228 e. The van der Waals surface area contributed by atoms with Gasteiger partial charge < -0.3 is 15.7 Å². The van der Waals surface area contributed by atoms with Crippen molar-refractivity contribution in [2.45, 2.75) is 56.5 Å². The van der Waals surface area contributed by atoms with Crippen LogP contribution in [0, 0.1) is 0 Å². The number of rotatable bonds is 3. The molecule has 0 radical (unpaired) electrons. The predicted octanol–water partition coefficient (Wildman–Crippen LogP) is 2.31. The Morgan fingerprint density at radius 1 is 1.22 bits per heavy atom. The normalized spacial score (nSPS) is 23.3. The molecule has 124 valence electrons. The maximum atomic E-state index is 12.6. The van der Waals surface area contributed by atoms with E-state index in [0.29, 0.717) is 5.69 Å². The zero-order chi connectivity index (χ0) is 16.3. The Morgan fingerprint density at radius 2 is 1.91 bits per heavy atom. The Morgan fingerprint density at radius 3 is 2.65 bits per heavy atom. The molecule has 2 amide bonds. The van der Waals surface area contributed by atoms with Gasteiger partial charge in [-0.05, 0) is 24.5 Å². The van der Waals surface area contributed by atoms with E-state index in [1.54, 1.807) is 0 Å². The van der Waals surface area contributed by atoms with Crippen LogP contribution in [0.4, 0.5) is 5.69 Å². The number of hydrogen-bond donors (Lipinski definition) is 3. The summed E-state index contributed by atoms with van der Waals surface area (Å²) in [6, 6.07) is 7.40. The van der Waals surface area contributed by atoms with Crippen molar-refractivity contribution in [1.29, 1.82) is 0 Å². The van der Waals surface area contributed by atoms with Gasteiger partial charge in [-0.25, -0.2) is 0 Å². The van der Waals surface area contributed by atoms with Gasteiger partial charge >= 0.3 is 0 Å². The fourth-order valence-electron chi connectivity index (χ4n) is 3.58. The van der Waals surface area contributed by atoms with Crippen molar-refractivity contribution in [3.05, 3.63) is 29.8 Å². The fraction of sp³-hybridized carbons (Fsp3) is 0.556. The number of benzene rings is 1. The van der Waals surface area contributed by atoms with Crippen LogP contribution in [0.25, 0.3) is 0 Å². The summed E-state index contributed by atoms with van der Waals surface area (Å²) in [6.07, 6.45) is 5.91. The number of carbonyl (C=O) groups is 2. The average molecular weight is 316 g/mol. The number of nitrogens with one attached hydrogen (secondary N) is 2. The van der Waals surface area contributed by atoms with Gasteiger partial charge in [-0.2, -0.15) is 0 Å². The lowest BCUT2D eigenvalue weighted by Crippen LogP contribution is -2.45. The Balaban J connectivity index is 1.67. The molecule has 0 spiro atoms. The minimum atomic E-state index is -0.803. The van der Waals surface area contributed by atoms with Crippen LogP contribution in [-0.4, -0.2) is 29.1 Å². The number of para-hydroxylation sites is 1. The van der Waals surface area contributed by atoms with E-state index >= 15 is 0 Å². The molecule has 1 aliphatic heterocycles. The number of hydrogen-bond acceptors (Lipinski definition) is 3. The predicted molar refractivity (Wildman–Crippen MR) is 88.1 cm³/mol. The Labute approximate surface area is 136 Å². The third-order valence-electron chi connectivity index (χ3n) is 4.94. The number of amides is 2. The van der Waals surface area contributed by atoms with Gasteiger partial charge in [0.15, 0.2) is 0 Å². The Kier molecular flexibility index (Phi) is 4.66. The minimum absolute atomic E-state index is 0.142. The van der Waals surface area contributed by atoms with Crippen LogP contribution in [0.2, 0.25) is 0 Å². The van der Waals surface area contributed by atoms with Crippen LogP contribution in [-0.2, 0) is 9.59 Å². The first kappa shape index (κ1) is 16.0. The highest BCUT2D eigenvalue weighted by Crippen LogP contribution is 2.32. The van der Waals surface area contributed by atoms with Crippen LogP contribution in [0.5, 0.6) is 0 Å². The molecule has 5 heteroatoms. The van der Waals surface area contributed by atoms with E-state index in [1.165, 1.54) is 0 Å². The van der Waals surface area contributed by atoms with Crippen molar-refractivity contribution in [3.63, 3.8) is 0 Å². The van der Waals surface area contributed by atoms with Gasteiger partial charge in [0.2, 0.25) is 11.8 Å². The van der Waals surface area contributed by atoms with E-state index in [9.17, 15) is 14.7 Å². The Bertz CT molecular complexity index is 592. The highest BCUT2D eigenvalue weighted by molar-refractivity contribution is 6.01. The molecule has 0 saturated heterocycles. The van der Waals surface area contributed by atoms with Gasteiger partial charge in [-0.15, -0.1) is 0 Å². The lowest BCUT2D eigenvalue weighted by Gasteiger charge is -2.29. The van der Waals surface area contributed by atoms with Gasteiger partial charge in [0.1, 0.15) is 0 Å². The summed E-state index contributed by atoms with van der Waals surface area (Å²) in [5.74, 6) is -0.795. The molecule has 3 rings (SSSR count). The molecule has 1 heterocycles. The van der Waals surface area contributed by atoms with E-state index in [2.05, 4.69) is 10.6 Å². The van der Waals surface area contributed by atoms with Crippen LogP contribution >= 0.6 is 0 Å². The van der Waals surface area contributed by atoms with Crippen molar-refractivity contribution in [2.75, 3.05) is 11.9 Å². The third kappa shape index (κ3) is 3.72. The third-order valence-corrected chi connectivity index (χ3v) is 4.94. The molecule has 2 aliphatic rings. The maximum absolute atomic E-state index is 12.6. The van der Waals surface area contributed by atoms with Crippen LogP contribution in [0.1, 0.15) is 56.4 Å². The van der Waals surface area contributed by atoms with Crippen molar-refractivity contribution >= 4 is 17.5 Å². The van der Waals surface area contributed by atoms with Crippen molar-refractivity contribution in [2.24, 2.45) is 0 Å². The summed E-state index contributed by atoms with van der Waals surface area (Å²) < 4.78 is 0. The number of aliphatic hydroxyl groups is 1. The number of anilines is 1. The summed E-state index contributed by atoms with van der Waals surface area (Å²) in [5.41, 5.74) is 0.748. The summed E-state index contributed by atoms with van der Waals surface area (Å²) in [5, 5.41) is 16.3. The molecule has 5 nitrogen and oxygen atoms in total. The van der Waals surface area contributed by atoms with E-state index < -0.39 is 11.5 Å². The monoisotopic (exact) mass is 316 g/mol. The average Bonchev–Trinajstić information content (AvgIpc) is 2.77. The van der Waals surface area contributed by atoms with E-state index in [-0.39, 0.29) is 24.8 Å². The Hall–Kier alpha value is -1.88. The first-order chi connectivity index (χ1) is 11.1. The molecule has 0 bridgehead atoms. The summed E-state index contributed by atoms with van der Waals surface area (Å²) >= 11 is 0. The van der Waals surface area contributed by atoms with Crippen molar-refractivity contribution in [1.82, 2.24) is 5.32 Å². The molecule has 3 N–H and O–H groups in total. The van der Waals surface area contributed by atoms with E-state index in [4.69, 9.17) is 0 Å². The lowest BCUT2D eigenvalue weighted by molar-refractivity contribution is -0.127. The van der Waals surface area contributed by atoms with Crippen LogP contribution in [0.15, 0.2) is 24.3 Å². The second-order valence-corrected chi connectivity index (χ2v) is 6.75. The first-order valence-electron chi connectivity index (χ1n) is 8.46. The van der Waals surface area contributed by atoms with Crippen LogP contribution < -0.4 is 10.6 Å². The zero-order valence-corrected chi connectivity index (χ0v) is 13.3. The quantitative estimate of drug-likeness (QED) is 0.749. The second kappa shape index (κ2) is 6.71. The summed E-state index contributed by atoms with van der Waals surface area (Å²) in [4.78, 5) is 24.4. The number of fused-ring (bicyclic) bond motifs is 1. The lowest BCUT2D eigenvalue weighted by atomic mass is 9.89. The van der Waals surface area contributed by atoms with Gasteiger partial charge in [0.25, 0.3) is 0 Å². The minimum Gasteiger partial charge on any atom is -0.388 e. The van der Waals surface area contributed by atoms with Gasteiger partial charge in [-0.3, -0.25) is 9.59 Å². The highest BCUT2D eigenvalue weighted by atomic mass is 16.3. The van der Waals surface area contributed by atoms with Crippen LogP contribution in [0.3, 0.4) is 0 Å². The molecule has 1 saturated carbocycles. The molecule has 23 heavy (non-hydrogen) atoms. The van der Waals surface area contributed by atoms with E-state index in [1.807, 2.05) is 24.3 Å². The van der Waals surface area contributed by atoms with Crippen molar-refractivity contribution < 1.29 is 14.7 Å². The molecule has 0 aromatic heterocycles. The molecule has 1 unspecified atom stereocenters. The standard InChI is InChI=1S/C18H24N2O3/c21-16-11-14(13-7-3-4-8-15(13)20-16)17(22)19-12-18(23)9-5-1-2-6-10-18/h3-4,7-8,14,23H,1-2,5-6,9-12H2,(H,19,22)(H,20,21). The zero-order valence-electron chi connectivity index (χ0n) is 13.3. The number of carbonyl (C=O) groups excluding carboxylic acids is 2.